The summed E-state index contributed by atoms with van der Waals surface area (Å²) in [5.74, 6) is 0. The number of hydrogen-bond donors (Lipinski definition) is 1. The zero-order chi connectivity index (χ0) is 15.5. The molecule has 2 aromatic heterocycles. The first-order valence-corrected chi connectivity index (χ1v) is 7.38. The number of methoxy groups -OCH3 is 1. The molecule has 114 valence electrons. The van der Waals surface area contributed by atoms with Gasteiger partial charge < -0.3 is 4.74 Å². The molecule has 0 saturated carbocycles. The highest BCUT2D eigenvalue weighted by Crippen LogP contribution is 2.14. The molecule has 0 unspecified atom stereocenters. The molecule has 1 N–H and O–H groups in total. The summed E-state index contributed by atoms with van der Waals surface area (Å²) in [6.07, 6.45) is 2.83. The molecule has 0 aliphatic carbocycles. The lowest BCUT2D eigenvalue weighted by molar-refractivity contribution is 0.201. The van der Waals surface area contributed by atoms with Gasteiger partial charge in [-0.3, -0.25) is 9.89 Å². The third kappa shape index (κ3) is 2.91. The van der Waals surface area contributed by atoms with Crippen LogP contribution in [0.3, 0.4) is 0 Å². The van der Waals surface area contributed by atoms with Gasteiger partial charge in [-0.15, -0.1) is 0 Å². The van der Waals surface area contributed by atoms with Crippen LogP contribution in [0.4, 0.5) is 0 Å². The maximum Gasteiger partial charge on any atom is 0.276 e. The van der Waals surface area contributed by atoms with Gasteiger partial charge in [-0.25, -0.2) is 9.50 Å². The van der Waals surface area contributed by atoms with E-state index in [0.29, 0.717) is 35.7 Å². The van der Waals surface area contributed by atoms with Crippen molar-refractivity contribution in [2.45, 2.75) is 12.8 Å². The van der Waals surface area contributed by atoms with Crippen LogP contribution in [0.5, 0.6) is 0 Å². The molecule has 22 heavy (non-hydrogen) atoms. The molecular weight excluding hydrogens is 302 g/mol. The van der Waals surface area contributed by atoms with E-state index in [1.54, 1.807) is 19.4 Å². The zero-order valence-corrected chi connectivity index (χ0v) is 12.9. The standard InChI is InChI=1S/C16H16ClN3O2/c1-22-9-7-14-13(10-11-2-4-12(17)5-3-11)16(21)20-15(19-14)6-8-18-20/h2-6,8,18H,7,9-10H2,1H3. The Morgan fingerprint density at radius 3 is 2.77 bits per heavy atom. The van der Waals surface area contributed by atoms with Crippen LogP contribution in [0.1, 0.15) is 16.8 Å². The Bertz CT molecular complexity index is 837. The van der Waals surface area contributed by atoms with E-state index in [1.807, 2.05) is 24.3 Å². The SMILES string of the molecule is COCCc1nc2cc[nH]n2c(=O)c1Cc1ccc(Cl)cc1. The molecule has 0 saturated heterocycles. The lowest BCUT2D eigenvalue weighted by atomic mass is 10.0. The Hall–Kier alpha value is -2.11. The molecule has 0 aliphatic heterocycles. The predicted octanol–water partition coefficient (Wildman–Crippen LogP) is 2.46. The molecule has 0 amide bonds. The van der Waals surface area contributed by atoms with Crippen molar-refractivity contribution >= 4 is 17.2 Å². The van der Waals surface area contributed by atoms with E-state index in [1.165, 1.54) is 4.52 Å². The monoisotopic (exact) mass is 317 g/mol. The van der Waals surface area contributed by atoms with Gasteiger partial charge in [-0.2, -0.15) is 0 Å². The normalized spacial score (nSPS) is 11.2. The zero-order valence-electron chi connectivity index (χ0n) is 12.2. The highest BCUT2D eigenvalue weighted by molar-refractivity contribution is 6.30. The average molecular weight is 318 g/mol. The largest absolute Gasteiger partial charge is 0.384 e. The number of benzene rings is 1. The lowest BCUT2D eigenvalue weighted by Gasteiger charge is -2.09. The molecule has 6 heteroatoms. The van der Waals surface area contributed by atoms with Crippen LogP contribution in [-0.2, 0) is 17.6 Å². The molecule has 5 nitrogen and oxygen atoms in total. The van der Waals surface area contributed by atoms with Gasteiger partial charge in [0.15, 0.2) is 5.65 Å². The summed E-state index contributed by atoms with van der Waals surface area (Å²) in [6.45, 7) is 0.528. The van der Waals surface area contributed by atoms with Crippen molar-refractivity contribution in [1.82, 2.24) is 14.6 Å². The third-order valence-corrected chi connectivity index (χ3v) is 3.81. The van der Waals surface area contributed by atoms with E-state index in [2.05, 4.69) is 10.1 Å². The number of H-pyrrole nitrogens is 1. The highest BCUT2D eigenvalue weighted by atomic mass is 35.5. The van der Waals surface area contributed by atoms with Gasteiger partial charge in [0.2, 0.25) is 0 Å². The van der Waals surface area contributed by atoms with Crippen LogP contribution in [0.15, 0.2) is 41.3 Å². The minimum absolute atomic E-state index is 0.0731. The first-order valence-electron chi connectivity index (χ1n) is 7.00. The number of hydrogen-bond acceptors (Lipinski definition) is 3. The van der Waals surface area contributed by atoms with E-state index in [0.717, 1.165) is 11.3 Å². The first kappa shape index (κ1) is 14.8. The summed E-state index contributed by atoms with van der Waals surface area (Å²) in [5.41, 5.74) is 3.03. The number of nitrogens with one attached hydrogen (secondary N) is 1. The Morgan fingerprint density at radius 2 is 2.05 bits per heavy atom. The number of rotatable bonds is 5. The summed E-state index contributed by atoms with van der Waals surface area (Å²) in [7, 11) is 1.64. The molecule has 3 rings (SSSR count). The Labute approximate surface area is 132 Å². The van der Waals surface area contributed by atoms with Crippen molar-refractivity contribution < 1.29 is 4.74 Å². The van der Waals surface area contributed by atoms with Crippen molar-refractivity contribution in [1.29, 1.82) is 0 Å². The minimum atomic E-state index is -0.0731. The van der Waals surface area contributed by atoms with E-state index < -0.39 is 0 Å². The second kappa shape index (κ2) is 6.34. The number of fused-ring (bicyclic) bond motifs is 1. The fourth-order valence-electron chi connectivity index (χ4n) is 2.43. The van der Waals surface area contributed by atoms with Crippen LogP contribution in [0, 0.1) is 0 Å². The minimum Gasteiger partial charge on any atom is -0.384 e. The molecular formula is C16H16ClN3O2. The molecule has 0 aliphatic rings. The first-order chi connectivity index (χ1) is 10.7. The van der Waals surface area contributed by atoms with E-state index in [-0.39, 0.29) is 5.56 Å². The molecule has 1 aromatic carbocycles. The maximum absolute atomic E-state index is 12.7. The van der Waals surface area contributed by atoms with Gasteiger partial charge in [0, 0.05) is 42.8 Å². The summed E-state index contributed by atoms with van der Waals surface area (Å²) in [6, 6.07) is 9.27. The fourth-order valence-corrected chi connectivity index (χ4v) is 2.56. The molecule has 2 heterocycles. The van der Waals surface area contributed by atoms with Gasteiger partial charge in [-0.05, 0) is 17.7 Å². The second-order valence-corrected chi connectivity index (χ2v) is 5.48. The highest BCUT2D eigenvalue weighted by Gasteiger charge is 2.14. The van der Waals surface area contributed by atoms with Crippen LogP contribution in [0.25, 0.3) is 5.65 Å². The van der Waals surface area contributed by atoms with Crippen molar-refractivity contribution in [3.05, 3.63) is 68.7 Å². The smallest absolute Gasteiger partial charge is 0.276 e. The number of halogens is 1. The van der Waals surface area contributed by atoms with E-state index in [4.69, 9.17) is 16.3 Å². The quantitative estimate of drug-likeness (QED) is 0.786. The predicted molar refractivity (Wildman–Crippen MR) is 85.7 cm³/mol. The maximum atomic E-state index is 12.7. The van der Waals surface area contributed by atoms with Crippen molar-refractivity contribution in [2.75, 3.05) is 13.7 Å². The van der Waals surface area contributed by atoms with E-state index >= 15 is 0 Å². The molecule has 0 radical (unpaired) electrons. The number of aromatic amines is 1. The van der Waals surface area contributed by atoms with Gasteiger partial charge in [0.25, 0.3) is 5.56 Å². The van der Waals surface area contributed by atoms with Gasteiger partial charge >= 0.3 is 0 Å². The Kier molecular flexibility index (Phi) is 4.27. The van der Waals surface area contributed by atoms with Gasteiger partial charge in [0.1, 0.15) is 0 Å². The van der Waals surface area contributed by atoms with Gasteiger partial charge in [0.05, 0.1) is 12.3 Å². The Morgan fingerprint density at radius 1 is 1.27 bits per heavy atom. The fraction of sp³-hybridized carbons (Fsp3) is 0.250. The van der Waals surface area contributed by atoms with Crippen molar-refractivity contribution in [3.8, 4) is 0 Å². The topological polar surface area (TPSA) is 59.4 Å². The van der Waals surface area contributed by atoms with Gasteiger partial charge in [-0.1, -0.05) is 23.7 Å². The summed E-state index contributed by atoms with van der Waals surface area (Å²) >= 11 is 5.91. The van der Waals surface area contributed by atoms with E-state index in [9.17, 15) is 4.79 Å². The Balaban J connectivity index is 2.06. The summed E-state index contributed by atoms with van der Waals surface area (Å²) in [5, 5.41) is 3.57. The second-order valence-electron chi connectivity index (χ2n) is 5.04. The summed E-state index contributed by atoms with van der Waals surface area (Å²) in [4.78, 5) is 17.2. The summed E-state index contributed by atoms with van der Waals surface area (Å²) < 4.78 is 6.59. The molecule has 0 bridgehead atoms. The number of ether oxygens (including phenoxy) is 1. The van der Waals surface area contributed by atoms with Crippen molar-refractivity contribution in [3.63, 3.8) is 0 Å². The molecule has 0 atom stereocenters. The molecule has 0 spiro atoms. The van der Waals surface area contributed by atoms with Crippen LogP contribution >= 0.6 is 11.6 Å². The van der Waals surface area contributed by atoms with Crippen molar-refractivity contribution in [2.24, 2.45) is 0 Å². The number of aromatic nitrogens is 3. The third-order valence-electron chi connectivity index (χ3n) is 3.56. The average Bonchev–Trinajstić information content (AvgIpc) is 2.99. The number of nitrogens with zero attached hydrogens (tertiary/aromatic N) is 2. The lowest BCUT2D eigenvalue weighted by Crippen LogP contribution is -2.23. The van der Waals surface area contributed by atoms with Crippen LogP contribution in [0.2, 0.25) is 5.02 Å². The van der Waals surface area contributed by atoms with Crippen LogP contribution in [-0.4, -0.2) is 28.3 Å². The van der Waals surface area contributed by atoms with Crippen LogP contribution < -0.4 is 5.56 Å². The molecule has 3 aromatic rings. The molecule has 0 fully saturated rings.